The second-order valence-electron chi connectivity index (χ2n) is 18.1. The van der Waals surface area contributed by atoms with E-state index >= 15 is 0 Å². The maximum Gasteiger partial charge on any atom is 0.306 e. The predicted octanol–water partition coefficient (Wildman–Crippen LogP) is 18.9. The minimum atomic E-state index is -0.817. The molecule has 0 aromatic carbocycles. The van der Waals surface area contributed by atoms with Crippen molar-refractivity contribution < 1.29 is 28.6 Å². The van der Waals surface area contributed by atoms with E-state index in [9.17, 15) is 14.4 Å². The van der Waals surface area contributed by atoms with Crippen molar-refractivity contribution >= 4 is 17.9 Å². The molecule has 0 fully saturated rings. The maximum absolute atomic E-state index is 12.8. The molecule has 0 bridgehead atoms. The number of unbranched alkanes of at least 4 members (excludes halogenated alkanes) is 18. The fraction of sp³-hybridized carbons (Fsp3) is 0.635. The molecule has 0 saturated carbocycles. The third kappa shape index (κ3) is 54.6. The molecular weight excluding hydrogens is 853 g/mol. The zero-order valence-corrected chi connectivity index (χ0v) is 44.5. The summed E-state index contributed by atoms with van der Waals surface area (Å²) in [4.78, 5) is 38.1. The van der Waals surface area contributed by atoms with Crippen molar-refractivity contribution in [3.05, 3.63) is 122 Å². The number of carbonyl (C=O) groups excluding carboxylic acids is 3. The SMILES string of the molecule is CC/C=C\C/C=C\C/C=C\C/C=C\CCCCC(=O)OC(COC(=O)CCCCCCC/C=C\C/C=C\C/C=C\CC)COC(=O)CCCCCCCC/C=C\C/C=C\C/C=C\CCCCCCC. The molecule has 0 rings (SSSR count). The molecular formula is C63H102O6. The lowest BCUT2D eigenvalue weighted by Gasteiger charge is -2.18. The Morgan fingerprint density at radius 2 is 0.565 bits per heavy atom. The third-order valence-corrected chi connectivity index (χ3v) is 11.4. The summed E-state index contributed by atoms with van der Waals surface area (Å²) in [5, 5.41) is 0. The minimum absolute atomic E-state index is 0.111. The first-order chi connectivity index (χ1) is 34.0. The van der Waals surface area contributed by atoms with Crippen LogP contribution >= 0.6 is 0 Å². The van der Waals surface area contributed by atoms with Gasteiger partial charge in [0.05, 0.1) is 0 Å². The van der Waals surface area contributed by atoms with E-state index < -0.39 is 6.10 Å². The van der Waals surface area contributed by atoms with Crippen LogP contribution in [0.5, 0.6) is 0 Å². The standard InChI is InChI=1S/C63H102O6/c1-4-7-10-13-16-19-22-25-28-29-30-31-32-33-36-38-41-44-47-50-53-56-62(65)68-59-60(69-63(66)57-54-51-48-45-42-39-35-27-24-21-18-15-12-9-6-3)58-67-61(64)55-52-49-46-43-40-37-34-26-23-20-17-14-11-8-5-2/h8-9,11-12,17-18,20-22,25-27,29-30,32-35,42,45,60H,4-7,10,13-16,19,23-24,28,31,36-41,43-44,46-59H2,1-3H3/b11-8-,12-9-,20-17-,21-18-,25-22-,30-29-,33-32-,34-26-,35-27-,45-42-. The molecule has 390 valence electrons. The van der Waals surface area contributed by atoms with Gasteiger partial charge < -0.3 is 14.2 Å². The molecule has 0 amide bonds. The summed E-state index contributed by atoms with van der Waals surface area (Å²) in [5.41, 5.74) is 0. The lowest BCUT2D eigenvalue weighted by molar-refractivity contribution is -0.167. The van der Waals surface area contributed by atoms with Crippen LogP contribution in [0.25, 0.3) is 0 Å². The van der Waals surface area contributed by atoms with Gasteiger partial charge in [0.2, 0.25) is 0 Å². The first kappa shape index (κ1) is 64.8. The van der Waals surface area contributed by atoms with Crippen LogP contribution in [0.1, 0.15) is 239 Å². The number of allylic oxidation sites excluding steroid dienone is 20. The first-order valence-electron chi connectivity index (χ1n) is 28.0. The second-order valence-corrected chi connectivity index (χ2v) is 18.1. The number of carbonyl (C=O) groups is 3. The zero-order chi connectivity index (χ0) is 50.0. The summed E-state index contributed by atoms with van der Waals surface area (Å²) >= 11 is 0. The van der Waals surface area contributed by atoms with Crippen LogP contribution in [0.3, 0.4) is 0 Å². The average molecular weight is 956 g/mol. The molecule has 6 heteroatoms. The van der Waals surface area contributed by atoms with Crippen LogP contribution in [-0.2, 0) is 28.6 Å². The molecule has 1 atom stereocenters. The van der Waals surface area contributed by atoms with Crippen LogP contribution in [0.4, 0.5) is 0 Å². The Bertz CT molecular complexity index is 1470. The van der Waals surface area contributed by atoms with Crippen molar-refractivity contribution in [3.8, 4) is 0 Å². The van der Waals surface area contributed by atoms with Gasteiger partial charge in [0.1, 0.15) is 13.2 Å². The Labute approximate surface area is 424 Å². The van der Waals surface area contributed by atoms with Crippen molar-refractivity contribution in [3.63, 3.8) is 0 Å². The molecule has 6 nitrogen and oxygen atoms in total. The summed E-state index contributed by atoms with van der Waals surface area (Å²) < 4.78 is 16.8. The highest BCUT2D eigenvalue weighted by molar-refractivity contribution is 5.71. The van der Waals surface area contributed by atoms with Gasteiger partial charge in [-0.3, -0.25) is 14.4 Å². The van der Waals surface area contributed by atoms with Crippen molar-refractivity contribution in [1.29, 1.82) is 0 Å². The number of ether oxygens (including phenoxy) is 3. The molecule has 0 heterocycles. The lowest BCUT2D eigenvalue weighted by atomic mass is 10.1. The van der Waals surface area contributed by atoms with E-state index in [4.69, 9.17) is 14.2 Å². The molecule has 0 aliphatic rings. The number of esters is 3. The highest BCUT2D eigenvalue weighted by atomic mass is 16.6. The van der Waals surface area contributed by atoms with Gasteiger partial charge in [0.25, 0.3) is 0 Å². The smallest absolute Gasteiger partial charge is 0.306 e. The molecule has 0 saturated heterocycles. The van der Waals surface area contributed by atoms with Gasteiger partial charge in [0, 0.05) is 19.3 Å². The van der Waals surface area contributed by atoms with E-state index in [2.05, 4.69) is 142 Å². The van der Waals surface area contributed by atoms with Gasteiger partial charge in [-0.25, -0.2) is 0 Å². The van der Waals surface area contributed by atoms with E-state index in [1.165, 1.54) is 51.4 Å². The highest BCUT2D eigenvalue weighted by Crippen LogP contribution is 2.13. The second kappa shape index (κ2) is 56.4. The molecule has 0 aromatic heterocycles. The number of hydrogen-bond acceptors (Lipinski definition) is 6. The topological polar surface area (TPSA) is 78.9 Å². The van der Waals surface area contributed by atoms with Crippen molar-refractivity contribution in [2.75, 3.05) is 13.2 Å². The average Bonchev–Trinajstić information content (AvgIpc) is 3.35. The zero-order valence-electron chi connectivity index (χ0n) is 44.5. The Balaban J connectivity index is 4.49. The fourth-order valence-electron chi connectivity index (χ4n) is 7.28. The number of rotatable bonds is 49. The minimum Gasteiger partial charge on any atom is -0.462 e. The summed E-state index contributed by atoms with van der Waals surface area (Å²) in [6.07, 6.45) is 77.6. The summed E-state index contributed by atoms with van der Waals surface area (Å²) in [6.45, 7) is 6.33. The van der Waals surface area contributed by atoms with Crippen LogP contribution in [0, 0.1) is 0 Å². The van der Waals surface area contributed by atoms with Crippen molar-refractivity contribution in [2.45, 2.75) is 245 Å². The Morgan fingerprint density at radius 3 is 0.913 bits per heavy atom. The van der Waals surface area contributed by atoms with Gasteiger partial charge in [-0.2, -0.15) is 0 Å². The molecule has 69 heavy (non-hydrogen) atoms. The third-order valence-electron chi connectivity index (χ3n) is 11.4. The highest BCUT2D eigenvalue weighted by Gasteiger charge is 2.19. The van der Waals surface area contributed by atoms with E-state index in [1.807, 2.05) is 0 Å². The van der Waals surface area contributed by atoms with E-state index in [0.29, 0.717) is 19.3 Å². The van der Waals surface area contributed by atoms with Crippen LogP contribution in [0.2, 0.25) is 0 Å². The largest absolute Gasteiger partial charge is 0.462 e. The molecule has 0 aliphatic carbocycles. The van der Waals surface area contributed by atoms with E-state index in [-0.39, 0.29) is 37.5 Å². The van der Waals surface area contributed by atoms with Gasteiger partial charge in [-0.05, 0) is 128 Å². The van der Waals surface area contributed by atoms with Crippen molar-refractivity contribution in [2.24, 2.45) is 0 Å². The monoisotopic (exact) mass is 955 g/mol. The quantitative estimate of drug-likeness (QED) is 0.0262. The Hall–Kier alpha value is -4.19. The van der Waals surface area contributed by atoms with E-state index in [0.717, 1.165) is 141 Å². The first-order valence-corrected chi connectivity index (χ1v) is 28.0. The van der Waals surface area contributed by atoms with Gasteiger partial charge >= 0.3 is 17.9 Å². The van der Waals surface area contributed by atoms with Crippen LogP contribution in [-0.4, -0.2) is 37.2 Å². The molecule has 0 aliphatic heterocycles. The molecule has 0 radical (unpaired) electrons. The summed E-state index contributed by atoms with van der Waals surface area (Å²) in [7, 11) is 0. The van der Waals surface area contributed by atoms with Gasteiger partial charge in [-0.1, -0.05) is 213 Å². The maximum atomic E-state index is 12.8. The normalized spacial score (nSPS) is 13.0. The van der Waals surface area contributed by atoms with Crippen molar-refractivity contribution in [1.82, 2.24) is 0 Å². The van der Waals surface area contributed by atoms with Crippen LogP contribution < -0.4 is 0 Å². The molecule has 0 N–H and O–H groups in total. The van der Waals surface area contributed by atoms with Crippen LogP contribution in [0.15, 0.2) is 122 Å². The molecule has 0 aromatic rings. The summed E-state index contributed by atoms with van der Waals surface area (Å²) in [5.74, 6) is -0.985. The lowest BCUT2D eigenvalue weighted by Crippen LogP contribution is -2.30. The Kier molecular flexibility index (Phi) is 53.0. The predicted molar refractivity (Wildman–Crippen MR) is 297 cm³/mol. The molecule has 1 unspecified atom stereocenters. The fourth-order valence-corrected chi connectivity index (χ4v) is 7.28. The molecule has 0 spiro atoms. The summed E-state index contributed by atoms with van der Waals surface area (Å²) in [6, 6.07) is 0. The van der Waals surface area contributed by atoms with Gasteiger partial charge in [-0.15, -0.1) is 0 Å². The van der Waals surface area contributed by atoms with Gasteiger partial charge in [0.15, 0.2) is 6.10 Å². The number of hydrogen-bond donors (Lipinski definition) is 0. The van der Waals surface area contributed by atoms with E-state index in [1.54, 1.807) is 0 Å². The Morgan fingerprint density at radius 1 is 0.304 bits per heavy atom.